The van der Waals surface area contributed by atoms with E-state index in [0.717, 1.165) is 24.0 Å². The Kier molecular flexibility index (Phi) is 3.70. The molecule has 1 N–H and O–H groups in total. The van der Waals surface area contributed by atoms with Gasteiger partial charge in [-0.25, -0.2) is 4.98 Å². The van der Waals surface area contributed by atoms with Crippen molar-refractivity contribution in [3.63, 3.8) is 0 Å². The van der Waals surface area contributed by atoms with Gasteiger partial charge in [0.25, 0.3) is 0 Å². The molecule has 3 rings (SSSR count). The molecule has 1 saturated carbocycles. The zero-order valence-corrected chi connectivity index (χ0v) is 12.6. The van der Waals surface area contributed by atoms with E-state index in [2.05, 4.69) is 20.1 Å². The van der Waals surface area contributed by atoms with Crippen LogP contribution in [-0.2, 0) is 0 Å². The smallest absolute Gasteiger partial charge is 0.239 e. The van der Waals surface area contributed by atoms with Gasteiger partial charge >= 0.3 is 0 Å². The van der Waals surface area contributed by atoms with Crippen molar-refractivity contribution in [2.75, 3.05) is 44.5 Å². The molecule has 5 nitrogen and oxygen atoms in total. The van der Waals surface area contributed by atoms with Crippen LogP contribution in [0.2, 0.25) is 0 Å². The van der Waals surface area contributed by atoms with Gasteiger partial charge in [-0.1, -0.05) is 0 Å². The number of nitrogens with zero attached hydrogens (tertiary/aromatic N) is 3. The number of aromatic nitrogens is 1. The molecule has 0 amide bonds. The van der Waals surface area contributed by atoms with E-state index in [0.29, 0.717) is 11.9 Å². The molecule has 1 aliphatic carbocycles. The zero-order chi connectivity index (χ0) is 14.1. The molecule has 0 aromatic carbocycles. The Morgan fingerprint density at radius 1 is 1.35 bits per heavy atom. The monoisotopic (exact) mass is 276 g/mol. The summed E-state index contributed by atoms with van der Waals surface area (Å²) in [5, 5.41) is 3.65. The SMILES string of the molecule is COc1nccc(N(C)C)c1NC1CCN(C2CC2)C1. The summed E-state index contributed by atoms with van der Waals surface area (Å²) in [5.41, 5.74) is 2.14. The minimum atomic E-state index is 0.493. The number of hydrogen-bond acceptors (Lipinski definition) is 5. The molecule has 1 unspecified atom stereocenters. The van der Waals surface area contributed by atoms with Crippen molar-refractivity contribution in [2.24, 2.45) is 0 Å². The number of nitrogens with one attached hydrogen (secondary N) is 1. The number of pyridine rings is 1. The van der Waals surface area contributed by atoms with Crippen molar-refractivity contribution in [1.82, 2.24) is 9.88 Å². The van der Waals surface area contributed by atoms with E-state index in [4.69, 9.17) is 4.74 Å². The Bertz CT molecular complexity index is 473. The van der Waals surface area contributed by atoms with E-state index >= 15 is 0 Å². The second-order valence-corrected chi connectivity index (χ2v) is 5.96. The number of rotatable bonds is 5. The molecule has 0 radical (unpaired) electrons. The predicted octanol–water partition coefficient (Wildman–Crippen LogP) is 1.80. The van der Waals surface area contributed by atoms with Gasteiger partial charge in [-0.3, -0.25) is 4.90 Å². The standard InChI is InChI=1S/C15H24N4O/c1-18(2)13-6-8-16-15(20-3)14(13)17-11-7-9-19(10-11)12-4-5-12/h6,8,11-12,17H,4-5,7,9-10H2,1-3H3. The lowest BCUT2D eigenvalue weighted by molar-refractivity contribution is 0.326. The second kappa shape index (κ2) is 5.48. The van der Waals surface area contributed by atoms with Crippen molar-refractivity contribution in [3.8, 4) is 5.88 Å². The Labute approximate surface area is 120 Å². The van der Waals surface area contributed by atoms with E-state index in [-0.39, 0.29) is 0 Å². The van der Waals surface area contributed by atoms with E-state index in [9.17, 15) is 0 Å². The summed E-state index contributed by atoms with van der Waals surface area (Å²) in [5.74, 6) is 0.682. The van der Waals surface area contributed by atoms with Gasteiger partial charge in [0.1, 0.15) is 5.69 Å². The molecule has 110 valence electrons. The zero-order valence-electron chi connectivity index (χ0n) is 12.6. The van der Waals surface area contributed by atoms with Crippen LogP contribution in [0.1, 0.15) is 19.3 Å². The molecule has 1 aromatic rings. The highest BCUT2D eigenvalue weighted by atomic mass is 16.5. The molecule has 2 fully saturated rings. The van der Waals surface area contributed by atoms with Crippen molar-refractivity contribution >= 4 is 11.4 Å². The summed E-state index contributed by atoms with van der Waals surface area (Å²) in [6.45, 7) is 2.35. The van der Waals surface area contributed by atoms with E-state index in [1.807, 2.05) is 20.2 Å². The molecule has 5 heteroatoms. The summed E-state index contributed by atoms with van der Waals surface area (Å²) in [6.07, 6.45) is 5.75. The Morgan fingerprint density at radius 2 is 2.15 bits per heavy atom. The van der Waals surface area contributed by atoms with Crippen molar-refractivity contribution in [1.29, 1.82) is 0 Å². The maximum Gasteiger partial charge on any atom is 0.239 e. The fourth-order valence-corrected chi connectivity index (χ4v) is 2.98. The average Bonchev–Trinajstić information content (AvgIpc) is 3.19. The average molecular weight is 276 g/mol. The normalized spacial score (nSPS) is 22.9. The highest BCUT2D eigenvalue weighted by Gasteiger charge is 2.34. The first-order valence-corrected chi connectivity index (χ1v) is 7.40. The van der Waals surface area contributed by atoms with Crippen LogP contribution < -0.4 is 15.0 Å². The van der Waals surface area contributed by atoms with Crippen LogP contribution in [0.5, 0.6) is 5.88 Å². The van der Waals surface area contributed by atoms with Crippen LogP contribution in [0.15, 0.2) is 12.3 Å². The molecule has 2 aliphatic rings. The molecule has 20 heavy (non-hydrogen) atoms. The van der Waals surface area contributed by atoms with Crippen LogP contribution in [0.25, 0.3) is 0 Å². The van der Waals surface area contributed by atoms with Crippen LogP contribution in [0.3, 0.4) is 0 Å². The van der Waals surface area contributed by atoms with Gasteiger partial charge in [0.15, 0.2) is 0 Å². The van der Waals surface area contributed by atoms with Gasteiger partial charge in [0, 0.05) is 45.5 Å². The van der Waals surface area contributed by atoms with Crippen LogP contribution in [0, 0.1) is 0 Å². The lowest BCUT2D eigenvalue weighted by Gasteiger charge is -2.23. The molecule has 1 saturated heterocycles. The first kappa shape index (κ1) is 13.5. The maximum atomic E-state index is 5.42. The Balaban J connectivity index is 1.75. The lowest BCUT2D eigenvalue weighted by atomic mass is 10.2. The van der Waals surface area contributed by atoms with Gasteiger partial charge in [-0.05, 0) is 25.3 Å². The van der Waals surface area contributed by atoms with E-state index < -0.39 is 0 Å². The van der Waals surface area contributed by atoms with Crippen molar-refractivity contribution in [2.45, 2.75) is 31.3 Å². The third kappa shape index (κ3) is 2.68. The maximum absolute atomic E-state index is 5.42. The highest BCUT2D eigenvalue weighted by Crippen LogP contribution is 2.35. The van der Waals surface area contributed by atoms with Gasteiger partial charge in [-0.2, -0.15) is 0 Å². The topological polar surface area (TPSA) is 40.6 Å². The quantitative estimate of drug-likeness (QED) is 0.888. The lowest BCUT2D eigenvalue weighted by Crippen LogP contribution is -2.28. The molecule has 1 atom stereocenters. The summed E-state index contributed by atoms with van der Waals surface area (Å²) >= 11 is 0. The van der Waals surface area contributed by atoms with Crippen LogP contribution in [-0.4, -0.2) is 56.3 Å². The van der Waals surface area contributed by atoms with Gasteiger partial charge in [0.05, 0.1) is 12.8 Å². The first-order chi connectivity index (χ1) is 9.69. The molecular weight excluding hydrogens is 252 g/mol. The molecule has 0 spiro atoms. The van der Waals surface area contributed by atoms with E-state index in [1.165, 1.54) is 25.8 Å². The second-order valence-electron chi connectivity index (χ2n) is 5.96. The van der Waals surface area contributed by atoms with E-state index in [1.54, 1.807) is 13.3 Å². The molecular formula is C15H24N4O. The molecule has 1 aromatic heterocycles. The largest absolute Gasteiger partial charge is 0.479 e. The number of methoxy groups -OCH3 is 1. The fourth-order valence-electron chi connectivity index (χ4n) is 2.98. The van der Waals surface area contributed by atoms with Crippen molar-refractivity contribution < 1.29 is 4.74 Å². The van der Waals surface area contributed by atoms with Crippen LogP contribution >= 0.6 is 0 Å². The summed E-state index contributed by atoms with van der Waals surface area (Å²) in [6, 6.07) is 3.37. The number of likely N-dealkylation sites (tertiary alicyclic amines) is 1. The number of anilines is 2. The third-order valence-corrected chi connectivity index (χ3v) is 4.20. The summed E-state index contributed by atoms with van der Waals surface area (Å²) in [4.78, 5) is 9.03. The number of ether oxygens (including phenoxy) is 1. The van der Waals surface area contributed by atoms with Crippen molar-refractivity contribution in [3.05, 3.63) is 12.3 Å². The number of hydrogen-bond donors (Lipinski definition) is 1. The summed E-state index contributed by atoms with van der Waals surface area (Å²) < 4.78 is 5.42. The van der Waals surface area contributed by atoms with Gasteiger partial charge < -0.3 is 15.0 Å². The van der Waals surface area contributed by atoms with Gasteiger partial charge in [-0.15, -0.1) is 0 Å². The Morgan fingerprint density at radius 3 is 2.80 bits per heavy atom. The third-order valence-electron chi connectivity index (χ3n) is 4.20. The summed E-state index contributed by atoms with van der Waals surface area (Å²) in [7, 11) is 5.77. The fraction of sp³-hybridized carbons (Fsp3) is 0.667. The highest BCUT2D eigenvalue weighted by molar-refractivity contribution is 5.74. The minimum Gasteiger partial charge on any atom is -0.479 e. The van der Waals surface area contributed by atoms with Gasteiger partial charge in [0.2, 0.25) is 5.88 Å². The molecule has 1 aliphatic heterocycles. The predicted molar refractivity (Wildman–Crippen MR) is 81.7 cm³/mol. The molecule has 2 heterocycles. The first-order valence-electron chi connectivity index (χ1n) is 7.40. The minimum absolute atomic E-state index is 0.493. The molecule has 0 bridgehead atoms. The van der Waals surface area contributed by atoms with Crippen LogP contribution in [0.4, 0.5) is 11.4 Å². The Hall–Kier alpha value is -1.49.